The maximum absolute atomic E-state index is 3.73. The smallest absolute Gasteiger partial charge is 0.0118 e. The van der Waals surface area contributed by atoms with E-state index in [1.165, 1.54) is 32.2 Å². The molecule has 1 aliphatic rings. The fourth-order valence-electron chi connectivity index (χ4n) is 2.83. The van der Waals surface area contributed by atoms with Crippen LogP contribution < -0.4 is 5.32 Å². The molecular formula is C13H27N. The van der Waals surface area contributed by atoms with Crippen LogP contribution >= 0.6 is 0 Å². The van der Waals surface area contributed by atoms with Gasteiger partial charge in [0.1, 0.15) is 0 Å². The molecule has 0 aromatic heterocycles. The van der Waals surface area contributed by atoms with Crippen LogP contribution in [0.5, 0.6) is 0 Å². The molecule has 84 valence electrons. The van der Waals surface area contributed by atoms with E-state index in [0.717, 1.165) is 23.8 Å². The summed E-state index contributed by atoms with van der Waals surface area (Å²) in [4.78, 5) is 0. The normalized spacial score (nSPS) is 29.8. The third-order valence-electron chi connectivity index (χ3n) is 3.59. The molecule has 0 saturated heterocycles. The summed E-state index contributed by atoms with van der Waals surface area (Å²) in [6, 6.07) is 0.764. The van der Waals surface area contributed by atoms with Crippen LogP contribution in [-0.4, -0.2) is 12.6 Å². The van der Waals surface area contributed by atoms with Gasteiger partial charge in [0.05, 0.1) is 0 Å². The minimum atomic E-state index is 0.764. The lowest BCUT2D eigenvalue weighted by Gasteiger charge is -2.28. The van der Waals surface area contributed by atoms with E-state index in [1.807, 2.05) is 0 Å². The first-order chi connectivity index (χ1) is 6.65. The van der Waals surface area contributed by atoms with Crippen LogP contribution in [0, 0.1) is 17.8 Å². The van der Waals surface area contributed by atoms with Gasteiger partial charge in [0.25, 0.3) is 0 Å². The lowest BCUT2D eigenvalue weighted by atomic mass is 9.88. The van der Waals surface area contributed by atoms with E-state index in [-0.39, 0.29) is 0 Å². The number of hydrogen-bond acceptors (Lipinski definition) is 1. The molecule has 1 N–H and O–H groups in total. The zero-order chi connectivity index (χ0) is 10.6. The summed E-state index contributed by atoms with van der Waals surface area (Å²) < 4.78 is 0. The van der Waals surface area contributed by atoms with Gasteiger partial charge < -0.3 is 5.32 Å². The van der Waals surface area contributed by atoms with Crippen molar-refractivity contribution in [1.29, 1.82) is 0 Å². The van der Waals surface area contributed by atoms with E-state index >= 15 is 0 Å². The average molecular weight is 197 g/mol. The van der Waals surface area contributed by atoms with Gasteiger partial charge in [0.2, 0.25) is 0 Å². The first-order valence-corrected chi connectivity index (χ1v) is 6.38. The Morgan fingerprint density at radius 1 is 1.29 bits per heavy atom. The topological polar surface area (TPSA) is 12.0 Å². The van der Waals surface area contributed by atoms with E-state index in [4.69, 9.17) is 0 Å². The highest BCUT2D eigenvalue weighted by molar-refractivity contribution is 4.85. The molecule has 0 amide bonds. The Kier molecular flexibility index (Phi) is 4.94. The summed E-state index contributed by atoms with van der Waals surface area (Å²) in [7, 11) is 0. The van der Waals surface area contributed by atoms with Gasteiger partial charge in [-0.15, -0.1) is 0 Å². The molecule has 1 fully saturated rings. The molecule has 3 unspecified atom stereocenters. The fraction of sp³-hybridized carbons (Fsp3) is 1.00. The molecule has 3 atom stereocenters. The zero-order valence-corrected chi connectivity index (χ0v) is 10.3. The second-order valence-electron chi connectivity index (χ2n) is 5.40. The molecule has 1 heteroatoms. The molecule has 0 aromatic rings. The molecule has 0 aliphatic heterocycles. The highest BCUT2D eigenvalue weighted by Crippen LogP contribution is 2.34. The summed E-state index contributed by atoms with van der Waals surface area (Å²) in [5, 5.41) is 3.73. The largest absolute Gasteiger partial charge is 0.313 e. The minimum absolute atomic E-state index is 0.764. The van der Waals surface area contributed by atoms with Crippen molar-refractivity contribution in [2.24, 2.45) is 17.8 Å². The number of rotatable bonds is 5. The molecule has 0 bridgehead atoms. The Morgan fingerprint density at radius 3 is 2.43 bits per heavy atom. The Morgan fingerprint density at radius 2 is 2.00 bits per heavy atom. The molecule has 0 radical (unpaired) electrons. The van der Waals surface area contributed by atoms with Crippen molar-refractivity contribution >= 4 is 0 Å². The van der Waals surface area contributed by atoms with Gasteiger partial charge in [0.15, 0.2) is 0 Å². The van der Waals surface area contributed by atoms with E-state index in [1.54, 1.807) is 0 Å². The van der Waals surface area contributed by atoms with Crippen molar-refractivity contribution in [2.75, 3.05) is 6.54 Å². The maximum Gasteiger partial charge on any atom is 0.0118 e. The molecular weight excluding hydrogens is 170 g/mol. The summed E-state index contributed by atoms with van der Waals surface area (Å²) in [6.45, 7) is 10.6. The monoisotopic (exact) mass is 197 g/mol. The van der Waals surface area contributed by atoms with Crippen molar-refractivity contribution in [2.45, 2.75) is 59.4 Å². The third kappa shape index (κ3) is 3.27. The van der Waals surface area contributed by atoms with Crippen LogP contribution in [0.15, 0.2) is 0 Å². The highest BCUT2D eigenvalue weighted by Gasteiger charge is 2.29. The maximum atomic E-state index is 3.73. The summed E-state index contributed by atoms with van der Waals surface area (Å²) in [6.07, 6.45) is 5.59. The Labute approximate surface area is 89.7 Å². The van der Waals surface area contributed by atoms with E-state index < -0.39 is 0 Å². The average Bonchev–Trinajstić information content (AvgIpc) is 2.52. The Balaban J connectivity index is 2.41. The van der Waals surface area contributed by atoms with Crippen LogP contribution in [-0.2, 0) is 0 Å². The second kappa shape index (κ2) is 5.75. The van der Waals surface area contributed by atoms with Crippen molar-refractivity contribution in [3.8, 4) is 0 Å². The van der Waals surface area contributed by atoms with Gasteiger partial charge >= 0.3 is 0 Å². The molecule has 1 saturated carbocycles. The third-order valence-corrected chi connectivity index (χ3v) is 3.59. The molecule has 1 nitrogen and oxygen atoms in total. The molecule has 0 aromatic carbocycles. The number of hydrogen-bond donors (Lipinski definition) is 1. The van der Waals surface area contributed by atoms with Crippen LogP contribution in [0.2, 0.25) is 0 Å². The van der Waals surface area contributed by atoms with E-state index in [9.17, 15) is 0 Å². The van der Waals surface area contributed by atoms with Crippen LogP contribution in [0.3, 0.4) is 0 Å². The first kappa shape index (κ1) is 12.0. The minimum Gasteiger partial charge on any atom is -0.313 e. The summed E-state index contributed by atoms with van der Waals surface area (Å²) in [5.74, 6) is 2.69. The van der Waals surface area contributed by atoms with E-state index in [0.29, 0.717) is 0 Å². The predicted octanol–water partition coefficient (Wildman–Crippen LogP) is 3.45. The van der Waals surface area contributed by atoms with Gasteiger partial charge in [-0.25, -0.2) is 0 Å². The Hall–Kier alpha value is -0.0400. The first-order valence-electron chi connectivity index (χ1n) is 6.38. The van der Waals surface area contributed by atoms with Crippen molar-refractivity contribution < 1.29 is 0 Å². The molecule has 1 rings (SSSR count). The Bertz CT molecular complexity index is 153. The lowest BCUT2D eigenvalue weighted by molar-refractivity contribution is 0.281. The lowest BCUT2D eigenvalue weighted by Crippen LogP contribution is -2.40. The van der Waals surface area contributed by atoms with Crippen molar-refractivity contribution in [3.63, 3.8) is 0 Å². The molecule has 0 spiro atoms. The van der Waals surface area contributed by atoms with Gasteiger partial charge in [-0.2, -0.15) is 0 Å². The zero-order valence-electron chi connectivity index (χ0n) is 10.3. The van der Waals surface area contributed by atoms with Crippen LogP contribution in [0.4, 0.5) is 0 Å². The van der Waals surface area contributed by atoms with Gasteiger partial charge in [-0.3, -0.25) is 0 Å². The second-order valence-corrected chi connectivity index (χ2v) is 5.40. The molecule has 0 heterocycles. The molecule has 1 aliphatic carbocycles. The van der Waals surface area contributed by atoms with Crippen molar-refractivity contribution in [3.05, 3.63) is 0 Å². The van der Waals surface area contributed by atoms with Gasteiger partial charge in [-0.05, 0) is 43.6 Å². The molecule has 14 heavy (non-hydrogen) atoms. The van der Waals surface area contributed by atoms with E-state index in [2.05, 4.69) is 33.0 Å². The van der Waals surface area contributed by atoms with Crippen LogP contribution in [0.25, 0.3) is 0 Å². The fourth-order valence-corrected chi connectivity index (χ4v) is 2.83. The quantitative estimate of drug-likeness (QED) is 0.712. The van der Waals surface area contributed by atoms with Crippen LogP contribution in [0.1, 0.15) is 53.4 Å². The van der Waals surface area contributed by atoms with Gasteiger partial charge in [-0.1, -0.05) is 34.1 Å². The van der Waals surface area contributed by atoms with Gasteiger partial charge in [0, 0.05) is 6.04 Å². The summed E-state index contributed by atoms with van der Waals surface area (Å²) >= 11 is 0. The van der Waals surface area contributed by atoms with Crippen molar-refractivity contribution in [1.82, 2.24) is 5.32 Å². The number of nitrogens with one attached hydrogen (secondary N) is 1. The summed E-state index contributed by atoms with van der Waals surface area (Å²) in [5.41, 5.74) is 0. The SMILES string of the molecule is CCCNC(C(C)C)C1CCC(C)C1. The highest BCUT2D eigenvalue weighted by atomic mass is 14.9. The predicted molar refractivity (Wildman–Crippen MR) is 63.4 cm³/mol. The standard InChI is InChI=1S/C13H27N/c1-5-8-14-13(10(2)3)12-7-6-11(4)9-12/h10-14H,5-9H2,1-4H3.